The van der Waals surface area contributed by atoms with Gasteiger partial charge in [0, 0.05) is 35.5 Å². The number of nitro benzene ring substituents is 1. The lowest BCUT2D eigenvalue weighted by molar-refractivity contribution is -0.384. The molecule has 3 aromatic rings. The van der Waals surface area contributed by atoms with Crippen molar-refractivity contribution < 1.29 is 4.92 Å². The molecule has 2 N–H and O–H groups in total. The van der Waals surface area contributed by atoms with E-state index in [-0.39, 0.29) is 28.6 Å². The molecule has 2 aromatic carbocycles. The molecule has 24 heavy (non-hydrogen) atoms. The summed E-state index contributed by atoms with van der Waals surface area (Å²) in [6.07, 6.45) is 0. The molecule has 124 valence electrons. The van der Waals surface area contributed by atoms with Gasteiger partial charge < -0.3 is 5.73 Å². The summed E-state index contributed by atoms with van der Waals surface area (Å²) >= 11 is 1.57. The van der Waals surface area contributed by atoms with Gasteiger partial charge in [-0.3, -0.25) is 10.1 Å². The maximum Gasteiger partial charge on any atom is 0.269 e. The predicted molar refractivity (Wildman–Crippen MR) is 102 cm³/mol. The zero-order valence-corrected chi connectivity index (χ0v) is 15.2. The highest BCUT2D eigenvalue weighted by molar-refractivity contribution is 8.93. The van der Waals surface area contributed by atoms with Gasteiger partial charge in [0.15, 0.2) is 0 Å². The highest BCUT2D eigenvalue weighted by Crippen LogP contribution is 2.30. The van der Waals surface area contributed by atoms with Crippen LogP contribution in [0.25, 0.3) is 10.6 Å². The van der Waals surface area contributed by atoms with Crippen molar-refractivity contribution in [2.75, 3.05) is 6.54 Å². The van der Waals surface area contributed by atoms with Crippen LogP contribution in [-0.2, 0) is 0 Å². The molecule has 0 bridgehead atoms. The lowest BCUT2D eigenvalue weighted by atomic mass is 9.96. The summed E-state index contributed by atoms with van der Waals surface area (Å²) in [6, 6.07) is 16.5. The van der Waals surface area contributed by atoms with Crippen LogP contribution >= 0.6 is 28.3 Å². The van der Waals surface area contributed by atoms with Crippen molar-refractivity contribution in [3.05, 3.63) is 81.3 Å². The fourth-order valence-electron chi connectivity index (χ4n) is 2.42. The molecule has 3 rings (SSSR count). The van der Waals surface area contributed by atoms with E-state index >= 15 is 0 Å². The molecule has 7 heteroatoms. The summed E-state index contributed by atoms with van der Waals surface area (Å²) in [5.74, 6) is -0.0653. The van der Waals surface area contributed by atoms with Gasteiger partial charge in [0.25, 0.3) is 5.69 Å². The third kappa shape index (κ3) is 3.87. The number of thiazole rings is 1. The third-order valence-electron chi connectivity index (χ3n) is 3.64. The molecule has 0 aliphatic rings. The van der Waals surface area contributed by atoms with E-state index in [2.05, 4.69) is 0 Å². The van der Waals surface area contributed by atoms with Crippen LogP contribution in [-0.4, -0.2) is 16.5 Å². The first kappa shape index (κ1) is 18.3. The van der Waals surface area contributed by atoms with Crippen molar-refractivity contribution in [1.29, 1.82) is 0 Å². The molecule has 1 heterocycles. The number of hydrogen-bond acceptors (Lipinski definition) is 5. The number of non-ortho nitro benzene ring substituents is 1. The summed E-state index contributed by atoms with van der Waals surface area (Å²) in [5, 5.41) is 13.7. The fraction of sp³-hybridized carbons (Fsp3) is 0.118. The van der Waals surface area contributed by atoms with Gasteiger partial charge in [-0.15, -0.1) is 28.3 Å². The Morgan fingerprint density at radius 1 is 1.12 bits per heavy atom. The molecule has 0 fully saturated rings. The molecule has 0 amide bonds. The molecule has 0 aliphatic carbocycles. The summed E-state index contributed by atoms with van der Waals surface area (Å²) in [6.45, 7) is 0.399. The zero-order chi connectivity index (χ0) is 16.2. The van der Waals surface area contributed by atoms with Crippen molar-refractivity contribution in [3.63, 3.8) is 0 Å². The average Bonchev–Trinajstić information content (AvgIpc) is 3.06. The van der Waals surface area contributed by atoms with E-state index in [9.17, 15) is 10.1 Å². The maximum atomic E-state index is 10.8. The second kappa shape index (κ2) is 8.14. The molecule has 0 saturated heterocycles. The molecule has 5 nitrogen and oxygen atoms in total. The molecule has 0 saturated carbocycles. The Kier molecular flexibility index (Phi) is 6.19. The van der Waals surface area contributed by atoms with E-state index < -0.39 is 4.92 Å². The second-order valence-electron chi connectivity index (χ2n) is 5.08. The molecular formula is C17H16BrN3O2S. The Morgan fingerprint density at radius 3 is 2.38 bits per heavy atom. The van der Waals surface area contributed by atoms with Crippen molar-refractivity contribution in [2.24, 2.45) is 5.73 Å². The largest absolute Gasteiger partial charge is 0.329 e. The van der Waals surface area contributed by atoms with Crippen LogP contribution in [0.4, 0.5) is 5.69 Å². The van der Waals surface area contributed by atoms with Crippen LogP contribution in [0.1, 0.15) is 17.2 Å². The number of nitrogens with zero attached hydrogens (tertiary/aromatic N) is 2. The number of nitrogens with two attached hydrogens (primary N) is 1. The normalized spacial score (nSPS) is 11.5. The summed E-state index contributed by atoms with van der Waals surface area (Å²) in [5.41, 5.74) is 8.89. The Labute approximate surface area is 154 Å². The number of halogens is 1. The number of rotatable bonds is 5. The standard InChI is InChI=1S/C17H15N3O2S.BrH/c18-10-15(12-6-8-14(9-7-12)20(21)22)16-11-23-17(19-16)13-4-2-1-3-5-13;/h1-9,11,15H,10,18H2;1H/t15-;/m1./s1. The van der Waals surface area contributed by atoms with Crippen LogP contribution in [0, 0.1) is 10.1 Å². The number of benzene rings is 2. The van der Waals surface area contributed by atoms with Crippen molar-refractivity contribution >= 4 is 34.0 Å². The van der Waals surface area contributed by atoms with Gasteiger partial charge in [-0.2, -0.15) is 0 Å². The lowest BCUT2D eigenvalue weighted by Gasteiger charge is -2.12. The Hall–Kier alpha value is -2.09. The number of nitro groups is 1. The van der Waals surface area contributed by atoms with Gasteiger partial charge in [0.1, 0.15) is 5.01 Å². The molecule has 0 aliphatic heterocycles. The minimum absolute atomic E-state index is 0. The maximum absolute atomic E-state index is 10.8. The Bertz CT molecular complexity index is 806. The fourth-order valence-corrected chi connectivity index (χ4v) is 3.30. The van der Waals surface area contributed by atoms with Crippen molar-refractivity contribution in [2.45, 2.75) is 5.92 Å². The van der Waals surface area contributed by atoms with Gasteiger partial charge in [0.05, 0.1) is 10.6 Å². The number of aromatic nitrogens is 1. The van der Waals surface area contributed by atoms with E-state index in [1.54, 1.807) is 23.5 Å². The zero-order valence-electron chi connectivity index (χ0n) is 12.7. The smallest absolute Gasteiger partial charge is 0.269 e. The second-order valence-corrected chi connectivity index (χ2v) is 5.94. The molecule has 1 aromatic heterocycles. The summed E-state index contributed by atoms with van der Waals surface area (Å²) < 4.78 is 0. The monoisotopic (exact) mass is 405 g/mol. The van der Waals surface area contributed by atoms with Crippen molar-refractivity contribution in [3.8, 4) is 10.6 Å². The molecule has 1 atom stereocenters. The Balaban J connectivity index is 0.00000208. The Morgan fingerprint density at radius 2 is 1.79 bits per heavy atom. The van der Waals surface area contributed by atoms with Crippen LogP contribution < -0.4 is 5.73 Å². The quantitative estimate of drug-likeness (QED) is 0.503. The van der Waals surface area contributed by atoms with Gasteiger partial charge in [-0.25, -0.2) is 4.98 Å². The number of hydrogen-bond donors (Lipinski definition) is 1. The highest BCUT2D eigenvalue weighted by atomic mass is 79.9. The first-order valence-electron chi connectivity index (χ1n) is 7.14. The van der Waals surface area contributed by atoms with Crippen LogP contribution in [0.5, 0.6) is 0 Å². The van der Waals surface area contributed by atoms with E-state index in [0.717, 1.165) is 21.8 Å². The van der Waals surface area contributed by atoms with Gasteiger partial charge in [-0.1, -0.05) is 42.5 Å². The minimum atomic E-state index is -0.405. The first-order chi connectivity index (χ1) is 11.2. The summed E-state index contributed by atoms with van der Waals surface area (Å²) in [7, 11) is 0. The average molecular weight is 406 g/mol. The van der Waals surface area contributed by atoms with Gasteiger partial charge >= 0.3 is 0 Å². The highest BCUT2D eigenvalue weighted by Gasteiger charge is 2.17. The van der Waals surface area contributed by atoms with Crippen LogP contribution in [0.2, 0.25) is 0 Å². The summed E-state index contributed by atoms with van der Waals surface area (Å²) in [4.78, 5) is 15.0. The van der Waals surface area contributed by atoms with Crippen LogP contribution in [0.15, 0.2) is 60.0 Å². The molecule has 0 spiro atoms. The lowest BCUT2D eigenvalue weighted by Crippen LogP contribution is -2.14. The molecule has 0 radical (unpaired) electrons. The van der Waals surface area contributed by atoms with Gasteiger partial charge in [0.2, 0.25) is 0 Å². The molecule has 0 unspecified atom stereocenters. The van der Waals surface area contributed by atoms with E-state index in [1.807, 2.05) is 35.7 Å². The van der Waals surface area contributed by atoms with Crippen LogP contribution in [0.3, 0.4) is 0 Å². The minimum Gasteiger partial charge on any atom is -0.329 e. The topological polar surface area (TPSA) is 82.0 Å². The molecular weight excluding hydrogens is 390 g/mol. The van der Waals surface area contributed by atoms with E-state index in [4.69, 9.17) is 10.7 Å². The van der Waals surface area contributed by atoms with E-state index in [0.29, 0.717) is 6.54 Å². The van der Waals surface area contributed by atoms with Gasteiger partial charge in [-0.05, 0) is 5.56 Å². The van der Waals surface area contributed by atoms with E-state index in [1.165, 1.54) is 12.1 Å². The SMILES string of the molecule is Br.NC[C@H](c1ccc([N+](=O)[O-])cc1)c1csc(-c2ccccc2)n1. The predicted octanol–water partition coefficient (Wildman–Crippen LogP) is 4.39. The third-order valence-corrected chi connectivity index (χ3v) is 4.55. The van der Waals surface area contributed by atoms with Crippen molar-refractivity contribution in [1.82, 2.24) is 4.98 Å². The first-order valence-corrected chi connectivity index (χ1v) is 8.02.